The lowest BCUT2D eigenvalue weighted by molar-refractivity contribution is 0.102. The zero-order chi connectivity index (χ0) is 16.9. The van der Waals surface area contributed by atoms with Gasteiger partial charge in [-0.15, -0.1) is 0 Å². The van der Waals surface area contributed by atoms with Gasteiger partial charge in [-0.25, -0.2) is 9.37 Å². The van der Waals surface area contributed by atoms with Gasteiger partial charge in [-0.3, -0.25) is 4.79 Å². The molecular formula is C18H13BrFN3O. The Labute approximate surface area is 146 Å². The van der Waals surface area contributed by atoms with Gasteiger partial charge in [-0.2, -0.15) is 0 Å². The van der Waals surface area contributed by atoms with Crippen molar-refractivity contribution in [2.24, 2.45) is 0 Å². The van der Waals surface area contributed by atoms with Crippen LogP contribution in [0.5, 0.6) is 0 Å². The van der Waals surface area contributed by atoms with Crippen molar-refractivity contribution in [2.75, 3.05) is 10.6 Å². The number of anilines is 3. The minimum Gasteiger partial charge on any atom is -0.340 e. The fraction of sp³-hybridized carbons (Fsp3) is 0. The molecule has 0 unspecified atom stereocenters. The second-order valence-corrected chi connectivity index (χ2v) is 5.85. The smallest absolute Gasteiger partial charge is 0.255 e. The highest BCUT2D eigenvalue weighted by atomic mass is 79.9. The van der Waals surface area contributed by atoms with E-state index in [1.54, 1.807) is 30.3 Å². The van der Waals surface area contributed by atoms with Crippen LogP contribution in [0.15, 0.2) is 71.3 Å². The Kier molecular flexibility index (Phi) is 4.86. The first-order valence-electron chi connectivity index (χ1n) is 7.16. The average molecular weight is 386 g/mol. The van der Waals surface area contributed by atoms with Gasteiger partial charge in [-0.05, 0) is 58.4 Å². The minimum atomic E-state index is -0.345. The van der Waals surface area contributed by atoms with Crippen molar-refractivity contribution in [1.82, 2.24) is 4.98 Å². The van der Waals surface area contributed by atoms with Gasteiger partial charge in [0.25, 0.3) is 5.91 Å². The molecule has 6 heteroatoms. The van der Waals surface area contributed by atoms with Gasteiger partial charge in [0.15, 0.2) is 0 Å². The van der Waals surface area contributed by atoms with Crippen LogP contribution < -0.4 is 10.6 Å². The molecule has 0 aliphatic heterocycles. The van der Waals surface area contributed by atoms with Crippen molar-refractivity contribution in [2.45, 2.75) is 0 Å². The van der Waals surface area contributed by atoms with E-state index in [-0.39, 0.29) is 11.7 Å². The monoisotopic (exact) mass is 385 g/mol. The maximum atomic E-state index is 13.2. The number of benzene rings is 2. The minimum absolute atomic E-state index is 0.258. The molecule has 2 aromatic carbocycles. The van der Waals surface area contributed by atoms with Gasteiger partial charge >= 0.3 is 0 Å². The number of para-hydroxylation sites is 1. The van der Waals surface area contributed by atoms with Crippen molar-refractivity contribution in [3.05, 3.63) is 82.7 Å². The second-order valence-electron chi connectivity index (χ2n) is 5.00. The fourth-order valence-corrected chi connectivity index (χ4v) is 2.50. The number of carbonyl (C=O) groups excluding carboxylic acids is 1. The molecule has 2 N–H and O–H groups in total. The zero-order valence-corrected chi connectivity index (χ0v) is 14.0. The molecule has 4 nitrogen and oxygen atoms in total. The number of carbonyl (C=O) groups is 1. The molecule has 0 bridgehead atoms. The van der Waals surface area contributed by atoms with E-state index in [2.05, 4.69) is 31.5 Å². The van der Waals surface area contributed by atoms with E-state index in [9.17, 15) is 9.18 Å². The Morgan fingerprint density at radius 2 is 1.88 bits per heavy atom. The van der Waals surface area contributed by atoms with Crippen molar-refractivity contribution < 1.29 is 9.18 Å². The normalized spacial score (nSPS) is 10.2. The van der Waals surface area contributed by atoms with Crippen molar-refractivity contribution in [3.8, 4) is 0 Å². The summed E-state index contributed by atoms with van der Waals surface area (Å²) in [7, 11) is 0. The maximum absolute atomic E-state index is 13.2. The molecule has 0 fully saturated rings. The van der Waals surface area contributed by atoms with Crippen LogP contribution >= 0.6 is 15.9 Å². The SMILES string of the molecule is O=C(Nc1ccccc1Br)c1ccnc(Nc2cccc(F)c2)c1. The third-order valence-electron chi connectivity index (χ3n) is 3.24. The molecule has 0 aliphatic rings. The molecule has 0 radical (unpaired) electrons. The summed E-state index contributed by atoms with van der Waals surface area (Å²) in [4.78, 5) is 16.5. The molecular weight excluding hydrogens is 373 g/mol. The van der Waals surface area contributed by atoms with E-state index in [0.29, 0.717) is 22.8 Å². The third kappa shape index (κ3) is 3.97. The lowest BCUT2D eigenvalue weighted by Gasteiger charge is -2.09. The summed E-state index contributed by atoms with van der Waals surface area (Å²) in [6, 6.07) is 16.6. The van der Waals surface area contributed by atoms with E-state index in [1.165, 1.54) is 18.3 Å². The highest BCUT2D eigenvalue weighted by molar-refractivity contribution is 9.10. The zero-order valence-electron chi connectivity index (χ0n) is 12.5. The molecule has 1 heterocycles. The number of aromatic nitrogens is 1. The largest absolute Gasteiger partial charge is 0.340 e. The molecule has 0 spiro atoms. The standard InChI is InChI=1S/C18H13BrFN3O/c19-15-6-1-2-7-16(15)23-18(24)12-8-9-21-17(10-12)22-14-5-3-4-13(20)11-14/h1-11H,(H,21,22)(H,23,24). The Morgan fingerprint density at radius 3 is 2.67 bits per heavy atom. The number of hydrogen-bond acceptors (Lipinski definition) is 3. The van der Waals surface area contributed by atoms with Crippen molar-refractivity contribution in [3.63, 3.8) is 0 Å². The van der Waals surface area contributed by atoms with Gasteiger partial charge in [0.2, 0.25) is 0 Å². The fourth-order valence-electron chi connectivity index (χ4n) is 2.11. The topological polar surface area (TPSA) is 54.0 Å². The van der Waals surface area contributed by atoms with E-state index >= 15 is 0 Å². The molecule has 1 amide bonds. The van der Waals surface area contributed by atoms with Crippen LogP contribution in [-0.2, 0) is 0 Å². The van der Waals surface area contributed by atoms with Crippen molar-refractivity contribution in [1.29, 1.82) is 0 Å². The van der Waals surface area contributed by atoms with Crippen LogP contribution in [0.4, 0.5) is 21.6 Å². The molecule has 3 rings (SSSR count). The molecule has 3 aromatic rings. The van der Waals surface area contributed by atoms with Gasteiger partial charge in [0, 0.05) is 21.9 Å². The first kappa shape index (κ1) is 16.1. The molecule has 0 saturated heterocycles. The van der Waals surface area contributed by atoms with Crippen molar-refractivity contribution >= 4 is 39.0 Å². The van der Waals surface area contributed by atoms with Gasteiger partial charge in [0.05, 0.1) is 5.69 Å². The highest BCUT2D eigenvalue weighted by Gasteiger charge is 2.09. The number of pyridine rings is 1. The molecule has 1 aromatic heterocycles. The summed E-state index contributed by atoms with van der Waals surface area (Å²) in [6.45, 7) is 0. The Bertz CT molecular complexity index is 885. The quantitative estimate of drug-likeness (QED) is 0.665. The van der Waals surface area contributed by atoms with Crippen LogP contribution in [0.3, 0.4) is 0 Å². The molecule has 0 aliphatic carbocycles. The number of hydrogen-bond donors (Lipinski definition) is 2. The lowest BCUT2D eigenvalue weighted by atomic mass is 10.2. The summed E-state index contributed by atoms with van der Waals surface area (Å²) in [6.07, 6.45) is 1.52. The summed E-state index contributed by atoms with van der Waals surface area (Å²) in [5.41, 5.74) is 1.68. The van der Waals surface area contributed by atoms with Crippen LogP contribution in [0.2, 0.25) is 0 Å². The lowest BCUT2D eigenvalue weighted by Crippen LogP contribution is -2.12. The maximum Gasteiger partial charge on any atom is 0.255 e. The summed E-state index contributed by atoms with van der Waals surface area (Å²) < 4.78 is 14.0. The Morgan fingerprint density at radius 1 is 1.04 bits per heavy atom. The Hall–Kier alpha value is -2.73. The van der Waals surface area contributed by atoms with Crippen LogP contribution in [0.25, 0.3) is 0 Å². The number of nitrogens with zero attached hydrogens (tertiary/aromatic N) is 1. The molecule has 0 saturated carbocycles. The summed E-state index contributed by atoms with van der Waals surface area (Å²) in [5, 5.41) is 5.80. The number of rotatable bonds is 4. The van der Waals surface area contributed by atoms with E-state index < -0.39 is 0 Å². The molecule has 0 atom stereocenters. The van der Waals surface area contributed by atoms with E-state index in [1.807, 2.05) is 18.2 Å². The summed E-state index contributed by atoms with van der Waals surface area (Å²) in [5.74, 6) is -0.144. The van der Waals surface area contributed by atoms with Crippen LogP contribution in [0.1, 0.15) is 10.4 Å². The van der Waals surface area contributed by atoms with Crippen LogP contribution in [-0.4, -0.2) is 10.9 Å². The second kappa shape index (κ2) is 7.23. The number of nitrogens with one attached hydrogen (secondary N) is 2. The van der Waals surface area contributed by atoms with E-state index in [4.69, 9.17) is 0 Å². The first-order chi connectivity index (χ1) is 11.6. The Balaban J connectivity index is 1.77. The first-order valence-corrected chi connectivity index (χ1v) is 7.95. The van der Waals surface area contributed by atoms with E-state index in [0.717, 1.165) is 4.47 Å². The predicted octanol–water partition coefficient (Wildman–Crippen LogP) is 4.98. The third-order valence-corrected chi connectivity index (χ3v) is 3.93. The molecule has 120 valence electrons. The highest BCUT2D eigenvalue weighted by Crippen LogP contribution is 2.22. The predicted molar refractivity (Wildman–Crippen MR) is 96.0 cm³/mol. The van der Waals surface area contributed by atoms with Gasteiger partial charge in [-0.1, -0.05) is 18.2 Å². The average Bonchev–Trinajstić information content (AvgIpc) is 2.57. The van der Waals surface area contributed by atoms with Gasteiger partial charge < -0.3 is 10.6 Å². The molecule has 24 heavy (non-hydrogen) atoms. The number of amides is 1. The summed E-state index contributed by atoms with van der Waals surface area (Å²) >= 11 is 3.39. The van der Waals surface area contributed by atoms with Crippen LogP contribution in [0, 0.1) is 5.82 Å². The number of halogens is 2. The van der Waals surface area contributed by atoms with Gasteiger partial charge in [0.1, 0.15) is 11.6 Å².